The summed E-state index contributed by atoms with van der Waals surface area (Å²) in [5.74, 6) is 1.53. The van der Waals surface area contributed by atoms with E-state index in [0.29, 0.717) is 12.5 Å². The Bertz CT molecular complexity index is 519. The summed E-state index contributed by atoms with van der Waals surface area (Å²) < 4.78 is 7.45. The van der Waals surface area contributed by atoms with Gasteiger partial charge in [-0.05, 0) is 12.8 Å². The number of hydrogen-bond donors (Lipinski definition) is 1. The summed E-state index contributed by atoms with van der Waals surface area (Å²) >= 11 is 0. The summed E-state index contributed by atoms with van der Waals surface area (Å²) in [6.45, 7) is 6.23. The maximum atomic E-state index is 13.1. The van der Waals surface area contributed by atoms with Crippen LogP contribution in [0.15, 0.2) is 12.4 Å². The van der Waals surface area contributed by atoms with Crippen LogP contribution in [-0.2, 0) is 23.1 Å². The average molecular weight is 335 g/mol. The number of rotatable bonds is 6. The van der Waals surface area contributed by atoms with Gasteiger partial charge in [0.25, 0.3) is 0 Å². The summed E-state index contributed by atoms with van der Waals surface area (Å²) in [7, 11) is 2.00. The third-order valence-electron chi connectivity index (χ3n) is 5.45. The van der Waals surface area contributed by atoms with Crippen LogP contribution >= 0.6 is 0 Å². The molecule has 1 N–H and O–H groups in total. The molecule has 3 rings (SSSR count). The Morgan fingerprint density at radius 3 is 2.75 bits per heavy atom. The molecule has 1 amide bonds. The van der Waals surface area contributed by atoms with E-state index in [0.717, 1.165) is 58.1 Å². The first-order valence-corrected chi connectivity index (χ1v) is 9.40. The summed E-state index contributed by atoms with van der Waals surface area (Å²) in [5, 5.41) is 0. The summed E-state index contributed by atoms with van der Waals surface area (Å²) in [5.41, 5.74) is 0. The van der Waals surface area contributed by atoms with Crippen molar-refractivity contribution in [1.82, 2.24) is 14.5 Å². The zero-order chi connectivity index (χ0) is 16.8. The Hall–Kier alpha value is -1.40. The van der Waals surface area contributed by atoms with Crippen molar-refractivity contribution < 1.29 is 14.4 Å². The van der Waals surface area contributed by atoms with E-state index in [4.69, 9.17) is 4.74 Å². The van der Waals surface area contributed by atoms with Crippen molar-refractivity contribution in [1.29, 1.82) is 0 Å². The number of imidazole rings is 1. The lowest BCUT2D eigenvalue weighted by molar-refractivity contribution is -0.907. The minimum Gasteiger partial charge on any atom is -0.370 e. The fraction of sp³-hybridized carbons (Fsp3) is 0.778. The Balaban J connectivity index is 1.62. The Morgan fingerprint density at radius 1 is 1.33 bits per heavy atom. The Morgan fingerprint density at radius 2 is 2.08 bits per heavy atom. The van der Waals surface area contributed by atoms with Gasteiger partial charge in [0.2, 0.25) is 5.91 Å². The molecule has 0 bridgehead atoms. The van der Waals surface area contributed by atoms with E-state index in [2.05, 4.69) is 9.88 Å². The highest BCUT2D eigenvalue weighted by atomic mass is 16.5. The van der Waals surface area contributed by atoms with Gasteiger partial charge in [-0.2, -0.15) is 0 Å². The number of ether oxygens (including phenoxy) is 1. The molecule has 6 heteroatoms. The molecule has 2 fully saturated rings. The van der Waals surface area contributed by atoms with Crippen LogP contribution in [0.2, 0.25) is 0 Å². The predicted octanol–water partition coefficient (Wildman–Crippen LogP) is 0.244. The molecule has 0 aromatic carbocycles. The van der Waals surface area contributed by atoms with Gasteiger partial charge >= 0.3 is 0 Å². The van der Waals surface area contributed by atoms with Gasteiger partial charge in [-0.15, -0.1) is 0 Å². The second kappa shape index (κ2) is 8.62. The van der Waals surface area contributed by atoms with Gasteiger partial charge in [-0.1, -0.05) is 19.3 Å². The second-order valence-corrected chi connectivity index (χ2v) is 7.16. The smallest absolute Gasteiger partial charge is 0.226 e. The SMILES string of the molecule is Cn1ccnc1CN(CC[NH+]1CCOCC1)C(=O)C1CCCCC1. The molecular weight excluding hydrogens is 304 g/mol. The zero-order valence-electron chi connectivity index (χ0n) is 14.9. The van der Waals surface area contributed by atoms with E-state index < -0.39 is 0 Å². The molecule has 24 heavy (non-hydrogen) atoms. The Kier molecular flexibility index (Phi) is 6.26. The first kappa shape index (κ1) is 17.4. The van der Waals surface area contributed by atoms with E-state index in [-0.39, 0.29) is 5.92 Å². The number of hydrogen-bond acceptors (Lipinski definition) is 3. The number of aryl methyl sites for hydroxylation is 1. The van der Waals surface area contributed by atoms with Crippen LogP contribution < -0.4 is 4.90 Å². The third-order valence-corrected chi connectivity index (χ3v) is 5.45. The van der Waals surface area contributed by atoms with E-state index in [9.17, 15) is 4.79 Å². The van der Waals surface area contributed by atoms with Gasteiger partial charge < -0.3 is 19.1 Å². The van der Waals surface area contributed by atoms with Crippen LogP contribution in [0.3, 0.4) is 0 Å². The van der Waals surface area contributed by atoms with Crippen LogP contribution in [0.25, 0.3) is 0 Å². The van der Waals surface area contributed by atoms with E-state index in [1.165, 1.54) is 19.3 Å². The molecule has 6 nitrogen and oxygen atoms in total. The van der Waals surface area contributed by atoms with Gasteiger partial charge in [0.05, 0.1) is 32.8 Å². The fourth-order valence-corrected chi connectivity index (χ4v) is 3.80. The molecule has 1 saturated heterocycles. The lowest BCUT2D eigenvalue weighted by atomic mass is 9.88. The fourth-order valence-electron chi connectivity index (χ4n) is 3.80. The van der Waals surface area contributed by atoms with Gasteiger partial charge in [0.1, 0.15) is 18.9 Å². The largest absolute Gasteiger partial charge is 0.370 e. The van der Waals surface area contributed by atoms with E-state index in [1.807, 2.05) is 24.0 Å². The summed E-state index contributed by atoms with van der Waals surface area (Å²) in [4.78, 5) is 21.1. The minimum atomic E-state index is 0.221. The molecule has 1 aliphatic heterocycles. The highest BCUT2D eigenvalue weighted by molar-refractivity contribution is 5.78. The standard InChI is InChI=1S/C18H30N4O2/c1-20-8-7-19-17(20)15-22(10-9-21-11-13-24-14-12-21)18(23)16-5-3-2-4-6-16/h7-8,16H,2-6,9-15H2,1H3/p+1. The number of aromatic nitrogens is 2. The molecule has 1 saturated carbocycles. The number of amides is 1. The molecule has 0 atom stereocenters. The van der Waals surface area contributed by atoms with Crippen molar-refractivity contribution in [2.75, 3.05) is 39.4 Å². The van der Waals surface area contributed by atoms with Crippen LogP contribution in [0, 0.1) is 5.92 Å². The van der Waals surface area contributed by atoms with Crippen LogP contribution in [0.1, 0.15) is 37.9 Å². The maximum absolute atomic E-state index is 13.1. The van der Waals surface area contributed by atoms with Gasteiger partial charge in [0, 0.05) is 25.4 Å². The molecule has 0 spiro atoms. The van der Waals surface area contributed by atoms with Crippen molar-refractivity contribution in [2.24, 2.45) is 13.0 Å². The van der Waals surface area contributed by atoms with Gasteiger partial charge in [-0.25, -0.2) is 4.98 Å². The molecule has 0 unspecified atom stereocenters. The van der Waals surface area contributed by atoms with Crippen molar-refractivity contribution >= 4 is 5.91 Å². The highest BCUT2D eigenvalue weighted by Gasteiger charge is 2.27. The molecule has 1 aliphatic carbocycles. The number of nitrogens with one attached hydrogen (secondary N) is 1. The maximum Gasteiger partial charge on any atom is 0.226 e. The van der Waals surface area contributed by atoms with Crippen molar-refractivity contribution in [2.45, 2.75) is 38.6 Å². The van der Waals surface area contributed by atoms with Crippen molar-refractivity contribution in [3.8, 4) is 0 Å². The normalized spacial score (nSPS) is 20.2. The predicted molar refractivity (Wildman–Crippen MR) is 91.6 cm³/mol. The number of carbonyl (C=O) groups is 1. The van der Waals surface area contributed by atoms with Crippen LogP contribution in [-0.4, -0.2) is 59.8 Å². The summed E-state index contributed by atoms with van der Waals surface area (Å²) in [6.07, 6.45) is 9.54. The molecule has 2 aliphatic rings. The first-order chi connectivity index (χ1) is 11.7. The highest BCUT2D eigenvalue weighted by Crippen LogP contribution is 2.25. The number of morpholine rings is 1. The molecule has 134 valence electrons. The van der Waals surface area contributed by atoms with Crippen molar-refractivity contribution in [3.63, 3.8) is 0 Å². The molecule has 1 aromatic heterocycles. The van der Waals surface area contributed by atoms with E-state index >= 15 is 0 Å². The topological polar surface area (TPSA) is 51.8 Å². The second-order valence-electron chi connectivity index (χ2n) is 7.16. The molecule has 0 radical (unpaired) electrons. The number of carbonyl (C=O) groups excluding carboxylic acids is 1. The van der Waals surface area contributed by atoms with Gasteiger partial charge in [0.15, 0.2) is 0 Å². The zero-order valence-corrected chi connectivity index (χ0v) is 14.9. The van der Waals surface area contributed by atoms with Crippen LogP contribution in [0.4, 0.5) is 0 Å². The average Bonchev–Trinajstić information content (AvgIpc) is 3.04. The first-order valence-electron chi connectivity index (χ1n) is 9.40. The molecule has 1 aromatic rings. The number of quaternary nitrogens is 1. The Labute approximate surface area is 144 Å². The molecular formula is C18H31N4O2+. The van der Waals surface area contributed by atoms with E-state index in [1.54, 1.807) is 4.90 Å². The van der Waals surface area contributed by atoms with Crippen molar-refractivity contribution in [3.05, 3.63) is 18.2 Å². The number of nitrogens with zero attached hydrogens (tertiary/aromatic N) is 3. The lowest BCUT2D eigenvalue weighted by Crippen LogP contribution is -3.14. The minimum absolute atomic E-state index is 0.221. The van der Waals surface area contributed by atoms with Crippen LogP contribution in [0.5, 0.6) is 0 Å². The molecule has 2 heterocycles. The quantitative estimate of drug-likeness (QED) is 0.810. The van der Waals surface area contributed by atoms with Gasteiger partial charge in [-0.3, -0.25) is 4.79 Å². The third kappa shape index (κ3) is 4.57. The lowest BCUT2D eigenvalue weighted by Gasteiger charge is -2.31. The summed E-state index contributed by atoms with van der Waals surface area (Å²) in [6, 6.07) is 0. The monoisotopic (exact) mass is 335 g/mol.